The number of benzene rings is 3. The fraction of sp³-hybridized carbons (Fsp3) is 0.200. The summed E-state index contributed by atoms with van der Waals surface area (Å²) in [5, 5.41) is 6.23. The summed E-state index contributed by atoms with van der Waals surface area (Å²) >= 11 is 0. The second kappa shape index (κ2) is 8.82. The van der Waals surface area contributed by atoms with Gasteiger partial charge in [-0.15, -0.1) is 0 Å². The van der Waals surface area contributed by atoms with Gasteiger partial charge in [0.1, 0.15) is 11.5 Å². The Bertz CT molecular complexity index is 1080. The first-order chi connectivity index (χ1) is 14.3. The zero-order valence-corrected chi connectivity index (χ0v) is 17.9. The molecule has 0 saturated heterocycles. The number of ketones is 1. The molecular formula is C25H26N2O3. The summed E-state index contributed by atoms with van der Waals surface area (Å²) in [4.78, 5) is 24.1. The highest BCUT2D eigenvalue weighted by Gasteiger charge is 2.14. The van der Waals surface area contributed by atoms with Gasteiger partial charge in [-0.1, -0.05) is 6.07 Å². The van der Waals surface area contributed by atoms with E-state index in [1.807, 2.05) is 27.8 Å². The summed E-state index contributed by atoms with van der Waals surface area (Å²) in [6.45, 7) is 7.56. The lowest BCUT2D eigenvalue weighted by atomic mass is 10.0. The van der Waals surface area contributed by atoms with E-state index in [2.05, 4.69) is 16.7 Å². The van der Waals surface area contributed by atoms with Crippen molar-refractivity contribution in [3.8, 4) is 11.5 Å². The van der Waals surface area contributed by atoms with E-state index in [-0.39, 0.29) is 11.7 Å². The van der Waals surface area contributed by atoms with Gasteiger partial charge in [-0.25, -0.2) is 0 Å². The molecule has 154 valence electrons. The number of Topliss-reactive ketones (excluding diaryl/α,β-unsaturated/α-hetero) is 1. The van der Waals surface area contributed by atoms with Gasteiger partial charge in [0, 0.05) is 29.5 Å². The third-order valence-electron chi connectivity index (χ3n) is 5.07. The first-order valence-corrected chi connectivity index (χ1v) is 9.79. The Hall–Kier alpha value is -3.60. The standard InChI is InChI=1S/C25H26N2O3/c1-15-14-16(2)24(17(3)23(15)26-5)27-25(29)20-8-12-22(13-9-20)30-21-10-6-19(7-11-21)18(4)28/h6-14,26H,1-5H3,(H,27,29). The third-order valence-corrected chi connectivity index (χ3v) is 5.07. The van der Waals surface area contributed by atoms with Crippen molar-refractivity contribution in [2.24, 2.45) is 0 Å². The maximum atomic E-state index is 12.8. The van der Waals surface area contributed by atoms with Crippen molar-refractivity contribution in [3.63, 3.8) is 0 Å². The predicted octanol–water partition coefficient (Wildman–Crippen LogP) is 5.90. The Morgan fingerprint density at radius 2 is 1.27 bits per heavy atom. The van der Waals surface area contributed by atoms with Gasteiger partial charge in [0.05, 0.1) is 0 Å². The van der Waals surface area contributed by atoms with Crippen molar-refractivity contribution in [2.75, 3.05) is 17.7 Å². The normalized spacial score (nSPS) is 10.4. The number of carbonyl (C=O) groups is 2. The van der Waals surface area contributed by atoms with Gasteiger partial charge < -0.3 is 15.4 Å². The molecule has 0 fully saturated rings. The molecule has 1 amide bonds. The van der Waals surface area contributed by atoms with Crippen molar-refractivity contribution in [1.82, 2.24) is 0 Å². The molecule has 0 radical (unpaired) electrons. The SMILES string of the molecule is CNc1c(C)cc(C)c(NC(=O)c2ccc(Oc3ccc(C(C)=O)cc3)cc2)c1C. The van der Waals surface area contributed by atoms with Crippen LogP contribution in [-0.2, 0) is 0 Å². The molecule has 3 rings (SSSR count). The largest absolute Gasteiger partial charge is 0.457 e. The fourth-order valence-electron chi connectivity index (χ4n) is 3.52. The zero-order chi connectivity index (χ0) is 21.8. The second-order valence-corrected chi connectivity index (χ2v) is 7.30. The minimum absolute atomic E-state index is 0.0119. The summed E-state index contributed by atoms with van der Waals surface area (Å²) in [6, 6.07) is 16.0. The molecule has 0 aliphatic carbocycles. The van der Waals surface area contributed by atoms with Crippen LogP contribution >= 0.6 is 0 Å². The fourth-order valence-corrected chi connectivity index (χ4v) is 3.52. The van der Waals surface area contributed by atoms with Crippen molar-refractivity contribution < 1.29 is 14.3 Å². The number of hydrogen-bond donors (Lipinski definition) is 2. The molecule has 2 N–H and O–H groups in total. The number of amides is 1. The van der Waals surface area contributed by atoms with E-state index >= 15 is 0 Å². The van der Waals surface area contributed by atoms with E-state index < -0.39 is 0 Å². The Kier molecular flexibility index (Phi) is 6.21. The third kappa shape index (κ3) is 4.51. The molecule has 0 atom stereocenters. The predicted molar refractivity (Wildman–Crippen MR) is 121 cm³/mol. The van der Waals surface area contributed by atoms with Crippen LogP contribution in [0.2, 0.25) is 0 Å². The highest BCUT2D eigenvalue weighted by atomic mass is 16.5. The number of hydrogen-bond acceptors (Lipinski definition) is 4. The molecule has 5 heteroatoms. The zero-order valence-electron chi connectivity index (χ0n) is 17.9. The van der Waals surface area contributed by atoms with Gasteiger partial charge in [-0.2, -0.15) is 0 Å². The van der Waals surface area contributed by atoms with Crippen LogP contribution in [0.1, 0.15) is 44.3 Å². The average Bonchev–Trinajstić information content (AvgIpc) is 2.72. The summed E-state index contributed by atoms with van der Waals surface area (Å²) in [6.07, 6.45) is 0. The topological polar surface area (TPSA) is 67.4 Å². The molecule has 0 heterocycles. The van der Waals surface area contributed by atoms with E-state index in [0.29, 0.717) is 22.6 Å². The molecule has 0 aliphatic heterocycles. The van der Waals surface area contributed by atoms with Gasteiger partial charge in [0.25, 0.3) is 5.91 Å². The van der Waals surface area contributed by atoms with Crippen molar-refractivity contribution in [3.05, 3.63) is 82.4 Å². The van der Waals surface area contributed by atoms with Gasteiger partial charge in [-0.3, -0.25) is 9.59 Å². The lowest BCUT2D eigenvalue weighted by Crippen LogP contribution is -2.14. The Labute approximate surface area is 177 Å². The van der Waals surface area contributed by atoms with E-state index in [9.17, 15) is 9.59 Å². The molecule has 3 aromatic carbocycles. The highest BCUT2D eigenvalue weighted by Crippen LogP contribution is 2.31. The molecule has 0 aliphatic rings. The van der Waals surface area contributed by atoms with E-state index in [4.69, 9.17) is 4.74 Å². The van der Waals surface area contributed by atoms with Gasteiger partial charge in [0.15, 0.2) is 5.78 Å². The van der Waals surface area contributed by atoms with Crippen LogP contribution in [0.5, 0.6) is 11.5 Å². The molecular weight excluding hydrogens is 376 g/mol. The van der Waals surface area contributed by atoms with Crippen molar-refractivity contribution >= 4 is 23.1 Å². The number of rotatable bonds is 6. The van der Waals surface area contributed by atoms with Gasteiger partial charge >= 0.3 is 0 Å². The Morgan fingerprint density at radius 1 is 0.767 bits per heavy atom. The van der Waals surface area contributed by atoms with Crippen LogP contribution in [0, 0.1) is 20.8 Å². The molecule has 0 spiro atoms. The van der Waals surface area contributed by atoms with Crippen LogP contribution in [0.3, 0.4) is 0 Å². The van der Waals surface area contributed by atoms with E-state index in [0.717, 1.165) is 28.1 Å². The van der Waals surface area contributed by atoms with E-state index in [1.165, 1.54) is 6.92 Å². The molecule has 0 unspecified atom stereocenters. The number of ether oxygens (including phenoxy) is 1. The van der Waals surface area contributed by atoms with Gasteiger partial charge in [-0.05, 0) is 92.9 Å². The second-order valence-electron chi connectivity index (χ2n) is 7.30. The molecule has 0 bridgehead atoms. The smallest absolute Gasteiger partial charge is 0.255 e. The van der Waals surface area contributed by atoms with Crippen LogP contribution < -0.4 is 15.4 Å². The lowest BCUT2D eigenvalue weighted by Gasteiger charge is -2.18. The van der Waals surface area contributed by atoms with Crippen molar-refractivity contribution in [2.45, 2.75) is 27.7 Å². The Balaban J connectivity index is 1.73. The van der Waals surface area contributed by atoms with Crippen molar-refractivity contribution in [1.29, 1.82) is 0 Å². The van der Waals surface area contributed by atoms with Gasteiger partial charge in [0.2, 0.25) is 0 Å². The summed E-state index contributed by atoms with van der Waals surface area (Å²) < 4.78 is 5.80. The average molecular weight is 402 g/mol. The van der Waals surface area contributed by atoms with Crippen LogP contribution in [0.25, 0.3) is 0 Å². The number of carbonyl (C=O) groups excluding carboxylic acids is 2. The number of nitrogens with one attached hydrogen (secondary N) is 2. The summed E-state index contributed by atoms with van der Waals surface area (Å²) in [7, 11) is 1.88. The van der Waals surface area contributed by atoms with Crippen LogP contribution in [0.15, 0.2) is 54.6 Å². The first kappa shape index (κ1) is 21.1. The lowest BCUT2D eigenvalue weighted by molar-refractivity contribution is 0.101. The summed E-state index contributed by atoms with van der Waals surface area (Å²) in [5.74, 6) is 1.08. The summed E-state index contributed by atoms with van der Waals surface area (Å²) in [5.41, 5.74) is 6.19. The van der Waals surface area contributed by atoms with Crippen LogP contribution in [0.4, 0.5) is 11.4 Å². The number of anilines is 2. The van der Waals surface area contributed by atoms with E-state index in [1.54, 1.807) is 48.5 Å². The quantitative estimate of drug-likeness (QED) is 0.504. The minimum atomic E-state index is -0.176. The first-order valence-electron chi connectivity index (χ1n) is 9.79. The maximum absolute atomic E-state index is 12.8. The molecule has 30 heavy (non-hydrogen) atoms. The minimum Gasteiger partial charge on any atom is -0.457 e. The molecule has 5 nitrogen and oxygen atoms in total. The maximum Gasteiger partial charge on any atom is 0.255 e. The Morgan fingerprint density at radius 3 is 1.77 bits per heavy atom. The number of aryl methyl sites for hydroxylation is 2. The monoisotopic (exact) mass is 402 g/mol. The molecule has 3 aromatic rings. The molecule has 0 saturated carbocycles. The molecule has 0 aromatic heterocycles. The van der Waals surface area contributed by atoms with Crippen LogP contribution in [-0.4, -0.2) is 18.7 Å². The highest BCUT2D eigenvalue weighted by molar-refractivity contribution is 6.05.